The lowest BCUT2D eigenvalue weighted by Gasteiger charge is -2.18. The van der Waals surface area contributed by atoms with Gasteiger partial charge in [0.15, 0.2) is 0 Å². The molecule has 0 aliphatic heterocycles. The van der Waals surface area contributed by atoms with Crippen molar-refractivity contribution >= 4 is 76.4 Å². The molecule has 200 valence electrons. The summed E-state index contributed by atoms with van der Waals surface area (Å²) in [6.07, 6.45) is 1.78. The summed E-state index contributed by atoms with van der Waals surface area (Å²) in [4.78, 5) is 0. The Kier molecular flexibility index (Phi) is 4.45. The maximum atomic E-state index is 6.65. The molecule has 3 nitrogen and oxygen atoms in total. The van der Waals surface area contributed by atoms with Crippen molar-refractivity contribution < 1.29 is 13.3 Å². The average Bonchev–Trinajstić information content (AvgIpc) is 3.78. The van der Waals surface area contributed by atoms with Gasteiger partial charge in [0.25, 0.3) is 0 Å². The van der Waals surface area contributed by atoms with Crippen LogP contribution in [0.3, 0.4) is 0 Å². The van der Waals surface area contributed by atoms with E-state index >= 15 is 0 Å². The van der Waals surface area contributed by atoms with Gasteiger partial charge >= 0.3 is 0 Å². The average molecular weight is 551 g/mol. The molecule has 0 unspecified atom stereocenters. The van der Waals surface area contributed by atoms with Crippen LogP contribution in [0.5, 0.6) is 0 Å². The first-order valence-corrected chi connectivity index (χ1v) is 14.5. The van der Waals surface area contributed by atoms with Gasteiger partial charge in [0, 0.05) is 32.5 Å². The van der Waals surface area contributed by atoms with Crippen molar-refractivity contribution in [2.75, 3.05) is 0 Å². The molecule has 43 heavy (non-hydrogen) atoms. The Morgan fingerprint density at radius 3 is 1.67 bits per heavy atom. The number of rotatable bonds is 2. The highest BCUT2D eigenvalue weighted by Crippen LogP contribution is 2.50. The molecule has 7 aromatic carbocycles. The molecule has 3 heteroatoms. The third-order valence-corrected chi connectivity index (χ3v) is 8.94. The van der Waals surface area contributed by atoms with E-state index in [1.165, 1.54) is 16.3 Å². The lowest BCUT2D eigenvalue weighted by atomic mass is 9.84. The van der Waals surface area contributed by atoms with Gasteiger partial charge in [0.05, 0.1) is 11.8 Å². The number of furan rings is 3. The summed E-state index contributed by atoms with van der Waals surface area (Å²) in [7, 11) is 0. The number of hydrogen-bond donors (Lipinski definition) is 0. The predicted octanol–water partition coefficient (Wildman–Crippen LogP) is 11.9. The minimum absolute atomic E-state index is 0.831. The van der Waals surface area contributed by atoms with Crippen LogP contribution in [0.2, 0.25) is 0 Å². The zero-order valence-electron chi connectivity index (χ0n) is 22.9. The van der Waals surface area contributed by atoms with Crippen LogP contribution in [0.15, 0.2) is 147 Å². The predicted molar refractivity (Wildman–Crippen MR) is 177 cm³/mol. The Labute approximate surface area is 245 Å². The highest BCUT2D eigenvalue weighted by atomic mass is 16.3. The fraction of sp³-hybridized carbons (Fsp3) is 0. The van der Waals surface area contributed by atoms with E-state index in [9.17, 15) is 0 Å². The van der Waals surface area contributed by atoms with Gasteiger partial charge in [-0.25, -0.2) is 0 Å². The summed E-state index contributed by atoms with van der Waals surface area (Å²) in [5, 5.41) is 10.1. The second kappa shape index (κ2) is 8.37. The van der Waals surface area contributed by atoms with Crippen molar-refractivity contribution in [2.24, 2.45) is 0 Å². The van der Waals surface area contributed by atoms with Gasteiger partial charge in [-0.15, -0.1) is 0 Å². The maximum absolute atomic E-state index is 6.65. The molecule has 0 N–H and O–H groups in total. The number of benzene rings is 7. The molecule has 0 saturated heterocycles. The van der Waals surface area contributed by atoms with Crippen LogP contribution in [0, 0.1) is 0 Å². The lowest BCUT2D eigenvalue weighted by molar-refractivity contribution is 0.615. The van der Waals surface area contributed by atoms with Gasteiger partial charge in [-0.3, -0.25) is 0 Å². The van der Waals surface area contributed by atoms with Crippen LogP contribution in [0.4, 0.5) is 0 Å². The Hall–Kier alpha value is -5.80. The molecule has 10 rings (SSSR count). The number of hydrogen-bond acceptors (Lipinski definition) is 3. The summed E-state index contributed by atoms with van der Waals surface area (Å²) in [5.74, 6) is 0. The van der Waals surface area contributed by atoms with Crippen molar-refractivity contribution in [3.05, 3.63) is 134 Å². The molecule has 0 spiro atoms. The molecule has 10 aromatic rings. The first kappa shape index (κ1) is 22.8. The van der Waals surface area contributed by atoms with Crippen molar-refractivity contribution in [3.8, 4) is 22.3 Å². The SMILES string of the molecule is c1ccc2c(c1)oc1c(-c3c4ccccc4c(-c4cccc5oc6ccccc6c45)c4ccccc34)c3occc3cc12. The first-order valence-electron chi connectivity index (χ1n) is 14.5. The standard InChI is InChI=1S/C40H22O3/c1-3-13-27-25(11-1)35(30-16-9-19-34-36(30)29-15-6-8-18-33(29)42-34)26-12-2-4-14-28(26)37(27)38-39-23(20-21-41-39)22-31-24-10-5-7-17-32(24)43-40(31)38/h1-22H. The minimum atomic E-state index is 0.831. The van der Waals surface area contributed by atoms with Gasteiger partial charge < -0.3 is 13.3 Å². The van der Waals surface area contributed by atoms with Crippen LogP contribution in [-0.4, -0.2) is 0 Å². The molecule has 3 heterocycles. The Balaban J connectivity index is 1.43. The van der Waals surface area contributed by atoms with Crippen molar-refractivity contribution in [1.29, 1.82) is 0 Å². The molecule has 0 amide bonds. The zero-order valence-corrected chi connectivity index (χ0v) is 22.9. The van der Waals surface area contributed by atoms with Gasteiger partial charge in [-0.05, 0) is 63.0 Å². The van der Waals surface area contributed by atoms with E-state index < -0.39 is 0 Å². The number of para-hydroxylation sites is 2. The minimum Gasteiger partial charge on any atom is -0.464 e. The van der Waals surface area contributed by atoms with E-state index in [0.717, 1.165) is 82.3 Å². The Bertz CT molecular complexity index is 2680. The van der Waals surface area contributed by atoms with Crippen LogP contribution < -0.4 is 0 Å². The zero-order chi connectivity index (χ0) is 28.1. The number of fused-ring (bicyclic) bond motifs is 9. The molecule has 0 aliphatic carbocycles. The molecule has 0 bridgehead atoms. The van der Waals surface area contributed by atoms with Gasteiger partial charge in [-0.2, -0.15) is 0 Å². The molecular weight excluding hydrogens is 528 g/mol. The van der Waals surface area contributed by atoms with Gasteiger partial charge in [-0.1, -0.05) is 97.1 Å². The van der Waals surface area contributed by atoms with Crippen molar-refractivity contribution in [2.45, 2.75) is 0 Å². The van der Waals surface area contributed by atoms with Gasteiger partial charge in [0.1, 0.15) is 27.9 Å². The third kappa shape index (κ3) is 3.03. The van der Waals surface area contributed by atoms with Crippen LogP contribution in [0.25, 0.3) is 98.6 Å². The van der Waals surface area contributed by atoms with Crippen LogP contribution in [-0.2, 0) is 0 Å². The molecule has 0 fully saturated rings. The van der Waals surface area contributed by atoms with E-state index in [0.29, 0.717) is 0 Å². The summed E-state index contributed by atoms with van der Waals surface area (Å²) < 4.78 is 19.2. The van der Waals surface area contributed by atoms with Crippen molar-refractivity contribution in [3.63, 3.8) is 0 Å². The first-order chi connectivity index (χ1) is 21.3. The molecule has 0 aliphatic rings. The smallest absolute Gasteiger partial charge is 0.147 e. The second-order valence-electron chi connectivity index (χ2n) is 11.2. The lowest BCUT2D eigenvalue weighted by Crippen LogP contribution is -1.92. The normalized spacial score (nSPS) is 12.2. The summed E-state index contributed by atoms with van der Waals surface area (Å²) in [5.41, 5.74) is 8.78. The Morgan fingerprint density at radius 1 is 0.372 bits per heavy atom. The molecule has 0 saturated carbocycles. The largest absolute Gasteiger partial charge is 0.464 e. The van der Waals surface area contributed by atoms with E-state index in [4.69, 9.17) is 13.3 Å². The van der Waals surface area contributed by atoms with Gasteiger partial charge in [0.2, 0.25) is 0 Å². The van der Waals surface area contributed by atoms with E-state index in [-0.39, 0.29) is 0 Å². The molecule has 3 aromatic heterocycles. The van der Waals surface area contributed by atoms with E-state index in [1.54, 1.807) is 6.26 Å². The fourth-order valence-electron chi connectivity index (χ4n) is 7.19. The highest BCUT2D eigenvalue weighted by molar-refractivity contribution is 6.29. The topological polar surface area (TPSA) is 39.4 Å². The third-order valence-electron chi connectivity index (χ3n) is 8.94. The summed E-state index contributed by atoms with van der Waals surface area (Å²) in [6.45, 7) is 0. The van der Waals surface area contributed by atoms with Crippen molar-refractivity contribution in [1.82, 2.24) is 0 Å². The van der Waals surface area contributed by atoms with E-state index in [2.05, 4.69) is 97.1 Å². The highest BCUT2D eigenvalue weighted by Gasteiger charge is 2.25. The molecule has 0 radical (unpaired) electrons. The van der Waals surface area contributed by atoms with Crippen LogP contribution >= 0.6 is 0 Å². The maximum Gasteiger partial charge on any atom is 0.147 e. The Morgan fingerprint density at radius 2 is 0.953 bits per heavy atom. The quantitative estimate of drug-likeness (QED) is 0.201. The molecule has 0 atom stereocenters. The summed E-state index contributed by atoms with van der Waals surface area (Å²) >= 11 is 0. The van der Waals surface area contributed by atoms with Crippen LogP contribution in [0.1, 0.15) is 0 Å². The molecular formula is C40H22O3. The summed E-state index contributed by atoms with van der Waals surface area (Å²) in [6, 6.07) is 44.6. The monoisotopic (exact) mass is 550 g/mol. The fourth-order valence-corrected chi connectivity index (χ4v) is 7.19. The van der Waals surface area contributed by atoms with E-state index in [1.807, 2.05) is 30.3 Å². The second-order valence-corrected chi connectivity index (χ2v) is 11.2.